The fourth-order valence-electron chi connectivity index (χ4n) is 6.23. The van der Waals surface area contributed by atoms with Gasteiger partial charge < -0.3 is 4.74 Å². The minimum absolute atomic E-state index is 0.00428. The molecule has 0 N–H and O–H groups in total. The van der Waals surface area contributed by atoms with Crippen molar-refractivity contribution in [3.05, 3.63) is 23.0 Å². The number of Topliss-reactive ketones (excluding diaryl/α,β-unsaturated/α-hetero) is 1. The Morgan fingerprint density at radius 2 is 2.14 bits per heavy atom. The van der Waals surface area contributed by atoms with Crippen molar-refractivity contribution in [1.29, 1.82) is 0 Å². The molecule has 0 aromatic heterocycles. The Kier molecular flexibility index (Phi) is 3.29. The SMILES string of the molecule is COC1=CCC2=C(C1)CC(C)C1C2CC[C@]2(C)C(=O)CCC12. The molecule has 0 saturated heterocycles. The van der Waals surface area contributed by atoms with Gasteiger partial charge in [-0.05, 0) is 61.9 Å². The molecule has 22 heavy (non-hydrogen) atoms. The third kappa shape index (κ3) is 1.88. The molecule has 5 atom stereocenters. The molecule has 0 aromatic rings. The fraction of sp³-hybridized carbons (Fsp3) is 0.750. The molecule has 4 aliphatic carbocycles. The molecular formula is C20H28O2. The van der Waals surface area contributed by atoms with Gasteiger partial charge in [-0.2, -0.15) is 0 Å². The van der Waals surface area contributed by atoms with Gasteiger partial charge in [-0.3, -0.25) is 4.79 Å². The molecule has 4 unspecified atom stereocenters. The van der Waals surface area contributed by atoms with Gasteiger partial charge in [0.2, 0.25) is 0 Å². The van der Waals surface area contributed by atoms with E-state index >= 15 is 0 Å². The van der Waals surface area contributed by atoms with Crippen molar-refractivity contribution in [2.45, 2.75) is 58.8 Å². The Labute approximate surface area is 134 Å². The highest BCUT2D eigenvalue weighted by atomic mass is 16.5. The second kappa shape index (κ2) is 4.97. The van der Waals surface area contributed by atoms with Crippen LogP contribution in [0.2, 0.25) is 0 Å². The van der Waals surface area contributed by atoms with E-state index in [4.69, 9.17) is 4.74 Å². The first kappa shape index (κ1) is 14.5. The normalized spacial score (nSPS) is 44.1. The maximum Gasteiger partial charge on any atom is 0.139 e. The summed E-state index contributed by atoms with van der Waals surface area (Å²) in [5.41, 5.74) is 3.36. The summed E-state index contributed by atoms with van der Waals surface area (Å²) in [7, 11) is 1.79. The van der Waals surface area contributed by atoms with Gasteiger partial charge in [0.25, 0.3) is 0 Å². The van der Waals surface area contributed by atoms with Crippen molar-refractivity contribution >= 4 is 5.78 Å². The van der Waals surface area contributed by atoms with Crippen LogP contribution >= 0.6 is 0 Å². The lowest BCUT2D eigenvalue weighted by Gasteiger charge is -2.52. The summed E-state index contributed by atoms with van der Waals surface area (Å²) < 4.78 is 5.49. The van der Waals surface area contributed by atoms with Gasteiger partial charge >= 0.3 is 0 Å². The highest BCUT2D eigenvalue weighted by Gasteiger charge is 2.56. The number of ether oxygens (including phenoxy) is 1. The summed E-state index contributed by atoms with van der Waals surface area (Å²) in [5, 5.41) is 0. The summed E-state index contributed by atoms with van der Waals surface area (Å²) in [6.45, 7) is 4.70. The summed E-state index contributed by atoms with van der Waals surface area (Å²) in [5.74, 6) is 4.53. The third-order valence-corrected chi connectivity index (χ3v) is 7.37. The van der Waals surface area contributed by atoms with Crippen LogP contribution < -0.4 is 0 Å². The van der Waals surface area contributed by atoms with Crippen LogP contribution in [-0.4, -0.2) is 12.9 Å². The van der Waals surface area contributed by atoms with E-state index in [0.29, 0.717) is 11.7 Å². The van der Waals surface area contributed by atoms with Gasteiger partial charge in [0.1, 0.15) is 5.78 Å². The van der Waals surface area contributed by atoms with Crippen LogP contribution in [0.5, 0.6) is 0 Å². The predicted molar refractivity (Wildman–Crippen MR) is 87.2 cm³/mol. The predicted octanol–water partition coefficient (Wildman–Crippen LogP) is 4.66. The second-order valence-corrected chi connectivity index (χ2v) is 8.27. The van der Waals surface area contributed by atoms with E-state index in [9.17, 15) is 4.79 Å². The van der Waals surface area contributed by atoms with Gasteiger partial charge in [-0.15, -0.1) is 0 Å². The average molecular weight is 300 g/mol. The third-order valence-electron chi connectivity index (χ3n) is 7.37. The number of methoxy groups -OCH3 is 1. The number of fused-ring (bicyclic) bond motifs is 4. The number of carbonyl (C=O) groups is 1. The van der Waals surface area contributed by atoms with Crippen molar-refractivity contribution in [3.63, 3.8) is 0 Å². The smallest absolute Gasteiger partial charge is 0.139 e. The maximum atomic E-state index is 12.4. The molecule has 0 aliphatic heterocycles. The topological polar surface area (TPSA) is 26.3 Å². The van der Waals surface area contributed by atoms with E-state index in [2.05, 4.69) is 19.9 Å². The lowest BCUT2D eigenvalue weighted by molar-refractivity contribution is -0.130. The van der Waals surface area contributed by atoms with Gasteiger partial charge in [0.05, 0.1) is 12.9 Å². The number of allylic oxidation sites excluding steroid dienone is 3. The van der Waals surface area contributed by atoms with Gasteiger partial charge in [0.15, 0.2) is 0 Å². The number of ketones is 1. The molecule has 2 saturated carbocycles. The van der Waals surface area contributed by atoms with E-state index in [1.807, 2.05) is 0 Å². The van der Waals surface area contributed by atoms with Gasteiger partial charge in [0, 0.05) is 18.3 Å². The Morgan fingerprint density at radius 1 is 1.32 bits per heavy atom. The van der Waals surface area contributed by atoms with Crippen molar-refractivity contribution < 1.29 is 9.53 Å². The van der Waals surface area contributed by atoms with E-state index in [1.54, 1.807) is 18.3 Å². The number of hydrogen-bond donors (Lipinski definition) is 0. The van der Waals surface area contributed by atoms with Crippen LogP contribution in [0.4, 0.5) is 0 Å². The molecule has 0 amide bonds. The number of carbonyl (C=O) groups excluding carboxylic acids is 1. The standard InChI is InChI=1S/C20H28O2/c1-12-10-13-11-14(22-3)4-5-15(13)16-8-9-20(2)17(19(12)16)6-7-18(20)21/h4,12,16-17,19H,5-11H2,1-3H3/t12?,16?,17?,19?,20-/m0/s1. The lowest BCUT2D eigenvalue weighted by atomic mass is 9.52. The van der Waals surface area contributed by atoms with Gasteiger partial charge in [-0.1, -0.05) is 25.0 Å². The van der Waals surface area contributed by atoms with Crippen LogP contribution in [0.25, 0.3) is 0 Å². The zero-order chi connectivity index (χ0) is 15.5. The molecular weight excluding hydrogens is 272 g/mol. The first-order valence-corrected chi connectivity index (χ1v) is 9.01. The first-order valence-electron chi connectivity index (χ1n) is 9.01. The number of hydrogen-bond acceptors (Lipinski definition) is 2. The Hall–Kier alpha value is -1.05. The summed E-state index contributed by atoms with van der Waals surface area (Å²) in [6.07, 6.45) is 9.94. The second-order valence-electron chi connectivity index (χ2n) is 8.27. The fourth-order valence-corrected chi connectivity index (χ4v) is 6.23. The van der Waals surface area contributed by atoms with E-state index < -0.39 is 0 Å². The molecule has 0 aromatic carbocycles. The summed E-state index contributed by atoms with van der Waals surface area (Å²) in [6, 6.07) is 0. The van der Waals surface area contributed by atoms with Crippen molar-refractivity contribution in [1.82, 2.24) is 0 Å². The van der Waals surface area contributed by atoms with Crippen LogP contribution in [0.1, 0.15) is 58.8 Å². The summed E-state index contributed by atoms with van der Waals surface area (Å²) >= 11 is 0. The van der Waals surface area contributed by atoms with Crippen LogP contribution in [-0.2, 0) is 9.53 Å². The van der Waals surface area contributed by atoms with Crippen LogP contribution in [0.15, 0.2) is 23.0 Å². The first-order chi connectivity index (χ1) is 10.5. The molecule has 0 radical (unpaired) electrons. The molecule has 0 spiro atoms. The highest BCUT2D eigenvalue weighted by Crippen LogP contribution is 2.61. The van der Waals surface area contributed by atoms with Gasteiger partial charge in [-0.25, -0.2) is 0 Å². The highest BCUT2D eigenvalue weighted by molar-refractivity contribution is 5.87. The van der Waals surface area contributed by atoms with Crippen molar-refractivity contribution in [2.75, 3.05) is 7.11 Å². The minimum atomic E-state index is -0.00428. The van der Waals surface area contributed by atoms with E-state index in [0.717, 1.165) is 55.6 Å². The quantitative estimate of drug-likeness (QED) is 0.658. The minimum Gasteiger partial charge on any atom is -0.501 e. The molecule has 4 aliphatic rings. The molecule has 2 heteroatoms. The Bertz CT molecular complexity index is 570. The monoisotopic (exact) mass is 300 g/mol. The summed E-state index contributed by atoms with van der Waals surface area (Å²) in [4.78, 5) is 12.4. The molecule has 0 bridgehead atoms. The zero-order valence-electron chi connectivity index (χ0n) is 14.2. The molecule has 2 fully saturated rings. The molecule has 2 nitrogen and oxygen atoms in total. The Morgan fingerprint density at radius 3 is 2.91 bits per heavy atom. The Balaban J connectivity index is 1.67. The maximum absolute atomic E-state index is 12.4. The van der Waals surface area contributed by atoms with E-state index in [1.165, 1.54) is 12.8 Å². The number of rotatable bonds is 1. The van der Waals surface area contributed by atoms with Crippen molar-refractivity contribution in [2.24, 2.45) is 29.1 Å². The molecule has 4 rings (SSSR count). The van der Waals surface area contributed by atoms with Crippen molar-refractivity contribution in [3.8, 4) is 0 Å². The zero-order valence-corrected chi connectivity index (χ0v) is 14.2. The van der Waals surface area contributed by atoms with Crippen LogP contribution in [0, 0.1) is 29.1 Å². The van der Waals surface area contributed by atoms with Crippen LogP contribution in [0.3, 0.4) is 0 Å². The molecule has 120 valence electrons. The lowest BCUT2D eigenvalue weighted by Crippen LogP contribution is -2.46. The largest absolute Gasteiger partial charge is 0.501 e. The average Bonchev–Trinajstić information content (AvgIpc) is 2.82. The van der Waals surface area contributed by atoms with E-state index in [-0.39, 0.29) is 5.41 Å². The molecule has 0 heterocycles.